The van der Waals surface area contributed by atoms with Crippen LogP contribution in [-0.4, -0.2) is 14.6 Å². The van der Waals surface area contributed by atoms with Gasteiger partial charge in [0.2, 0.25) is 0 Å². The molecule has 0 amide bonds. The molecule has 0 aliphatic heterocycles. The SMILES string of the molecule is Cc1nn2c(=O)c(C)c(-c3ccc(C#N)cc3)[nH]c2c1-c1ccc(Cl)cc1Cl. The third-order valence-electron chi connectivity index (χ3n) is 4.70. The Bertz CT molecular complexity index is 1330. The molecule has 0 atom stereocenters. The van der Waals surface area contributed by atoms with Gasteiger partial charge in [-0.2, -0.15) is 14.9 Å². The molecule has 0 unspecified atom stereocenters. The molecule has 2 aromatic heterocycles. The second kappa shape index (κ2) is 6.83. The Morgan fingerprint density at radius 2 is 1.82 bits per heavy atom. The van der Waals surface area contributed by atoms with Crippen LogP contribution in [0.2, 0.25) is 10.0 Å². The summed E-state index contributed by atoms with van der Waals surface area (Å²) in [5.41, 5.74) is 5.07. The Morgan fingerprint density at radius 3 is 2.46 bits per heavy atom. The number of nitrogens with one attached hydrogen (secondary N) is 1. The van der Waals surface area contributed by atoms with Crippen LogP contribution in [0.15, 0.2) is 47.3 Å². The van der Waals surface area contributed by atoms with Crippen LogP contribution >= 0.6 is 23.2 Å². The van der Waals surface area contributed by atoms with E-state index >= 15 is 0 Å². The number of nitrogens with zero attached hydrogens (tertiary/aromatic N) is 3. The highest BCUT2D eigenvalue weighted by Gasteiger charge is 2.19. The van der Waals surface area contributed by atoms with Gasteiger partial charge in [0.1, 0.15) is 5.65 Å². The highest BCUT2D eigenvalue weighted by atomic mass is 35.5. The first-order valence-corrected chi connectivity index (χ1v) is 9.24. The quantitative estimate of drug-likeness (QED) is 0.498. The number of rotatable bonds is 2. The molecular weight excluding hydrogens is 395 g/mol. The summed E-state index contributed by atoms with van der Waals surface area (Å²) in [6.45, 7) is 3.58. The zero-order valence-corrected chi connectivity index (χ0v) is 16.6. The van der Waals surface area contributed by atoms with Gasteiger partial charge in [-0.05, 0) is 43.7 Å². The molecule has 5 nitrogen and oxygen atoms in total. The fourth-order valence-electron chi connectivity index (χ4n) is 3.28. The summed E-state index contributed by atoms with van der Waals surface area (Å²) in [5, 5.41) is 14.4. The summed E-state index contributed by atoms with van der Waals surface area (Å²) in [4.78, 5) is 16.3. The van der Waals surface area contributed by atoms with E-state index in [1.807, 2.05) is 25.1 Å². The average molecular weight is 409 g/mol. The normalized spacial score (nSPS) is 11.0. The highest BCUT2D eigenvalue weighted by Crippen LogP contribution is 2.35. The summed E-state index contributed by atoms with van der Waals surface area (Å²) in [5.74, 6) is 0. The second-order valence-corrected chi connectivity index (χ2v) is 7.31. The Labute approximate surface area is 170 Å². The van der Waals surface area contributed by atoms with Crippen molar-refractivity contribution in [2.24, 2.45) is 0 Å². The Hall–Kier alpha value is -3.07. The van der Waals surface area contributed by atoms with Gasteiger partial charge in [-0.15, -0.1) is 0 Å². The molecule has 0 spiro atoms. The van der Waals surface area contributed by atoms with Crippen LogP contribution in [-0.2, 0) is 0 Å². The van der Waals surface area contributed by atoms with Crippen molar-refractivity contribution in [2.75, 3.05) is 0 Å². The van der Waals surface area contributed by atoms with Crippen LogP contribution in [0.3, 0.4) is 0 Å². The van der Waals surface area contributed by atoms with E-state index in [4.69, 9.17) is 28.5 Å². The van der Waals surface area contributed by atoms with Gasteiger partial charge in [0.15, 0.2) is 0 Å². The lowest BCUT2D eigenvalue weighted by Crippen LogP contribution is -2.19. The third-order valence-corrected chi connectivity index (χ3v) is 5.24. The number of benzene rings is 2. The number of H-pyrrole nitrogens is 1. The minimum absolute atomic E-state index is 0.215. The maximum atomic E-state index is 13.0. The molecule has 4 rings (SSSR count). The minimum Gasteiger partial charge on any atom is -0.339 e. The van der Waals surface area contributed by atoms with Crippen molar-refractivity contribution in [2.45, 2.75) is 13.8 Å². The van der Waals surface area contributed by atoms with Gasteiger partial charge in [0.25, 0.3) is 5.56 Å². The number of aryl methyl sites for hydroxylation is 1. The average Bonchev–Trinajstić information content (AvgIpc) is 3.01. The molecule has 0 radical (unpaired) electrons. The van der Waals surface area contributed by atoms with E-state index in [9.17, 15) is 4.79 Å². The molecule has 0 saturated carbocycles. The van der Waals surface area contributed by atoms with Gasteiger partial charge in [-0.1, -0.05) is 41.4 Å². The van der Waals surface area contributed by atoms with Crippen molar-refractivity contribution < 1.29 is 0 Å². The monoisotopic (exact) mass is 408 g/mol. The summed E-state index contributed by atoms with van der Waals surface area (Å²) < 4.78 is 1.36. The molecule has 0 aliphatic carbocycles. The van der Waals surface area contributed by atoms with Crippen molar-refractivity contribution in [3.05, 3.63) is 79.7 Å². The van der Waals surface area contributed by atoms with E-state index in [1.165, 1.54) is 4.52 Å². The molecule has 138 valence electrons. The molecule has 0 saturated heterocycles. The van der Waals surface area contributed by atoms with Crippen LogP contribution in [0.5, 0.6) is 0 Å². The minimum atomic E-state index is -0.215. The van der Waals surface area contributed by atoms with Gasteiger partial charge in [0, 0.05) is 21.7 Å². The zero-order chi connectivity index (χ0) is 20.0. The molecule has 4 aromatic rings. The van der Waals surface area contributed by atoms with Gasteiger partial charge in [0.05, 0.1) is 28.0 Å². The molecule has 0 fully saturated rings. The highest BCUT2D eigenvalue weighted by molar-refractivity contribution is 6.36. The van der Waals surface area contributed by atoms with Crippen molar-refractivity contribution in [1.82, 2.24) is 14.6 Å². The molecule has 2 aromatic carbocycles. The van der Waals surface area contributed by atoms with Crippen LogP contribution in [0.25, 0.3) is 28.0 Å². The third kappa shape index (κ3) is 2.88. The van der Waals surface area contributed by atoms with Gasteiger partial charge >= 0.3 is 0 Å². The maximum Gasteiger partial charge on any atom is 0.277 e. The fraction of sp³-hybridized carbons (Fsp3) is 0.0952. The number of halogens is 2. The van der Waals surface area contributed by atoms with Gasteiger partial charge in [-0.25, -0.2) is 0 Å². The first-order valence-electron chi connectivity index (χ1n) is 8.49. The molecule has 28 heavy (non-hydrogen) atoms. The number of aromatic nitrogens is 3. The molecular formula is C21H14Cl2N4O. The van der Waals surface area contributed by atoms with Crippen LogP contribution in [0, 0.1) is 25.2 Å². The van der Waals surface area contributed by atoms with Crippen molar-refractivity contribution in [3.63, 3.8) is 0 Å². The lowest BCUT2D eigenvalue weighted by molar-refractivity contribution is 0.871. The topological polar surface area (TPSA) is 74.0 Å². The van der Waals surface area contributed by atoms with E-state index in [2.05, 4.69) is 16.2 Å². The summed E-state index contributed by atoms with van der Waals surface area (Å²) in [7, 11) is 0. The summed E-state index contributed by atoms with van der Waals surface area (Å²) >= 11 is 12.4. The fourth-order valence-corrected chi connectivity index (χ4v) is 3.79. The maximum absolute atomic E-state index is 13.0. The molecule has 7 heteroatoms. The van der Waals surface area contributed by atoms with Gasteiger partial charge in [-0.3, -0.25) is 4.79 Å². The lowest BCUT2D eigenvalue weighted by Gasteiger charge is -2.09. The van der Waals surface area contributed by atoms with Crippen LogP contribution in [0.4, 0.5) is 0 Å². The number of hydrogen-bond acceptors (Lipinski definition) is 3. The Morgan fingerprint density at radius 1 is 1.11 bits per heavy atom. The zero-order valence-electron chi connectivity index (χ0n) is 15.0. The van der Waals surface area contributed by atoms with E-state index in [1.54, 1.807) is 31.2 Å². The standard InChI is InChI=1S/C21H14Cl2N4O/c1-11-19(14-5-3-13(10-24)4-6-14)25-20-18(12(2)26-27(20)21(11)28)16-8-7-15(22)9-17(16)23/h3-9,25H,1-2H3. The Balaban J connectivity index is 2.03. The number of hydrogen-bond donors (Lipinski definition) is 1. The predicted octanol–water partition coefficient (Wildman–Crippen LogP) is 5.15. The smallest absolute Gasteiger partial charge is 0.277 e. The largest absolute Gasteiger partial charge is 0.339 e. The lowest BCUT2D eigenvalue weighted by atomic mass is 10.0. The predicted molar refractivity (Wildman–Crippen MR) is 111 cm³/mol. The van der Waals surface area contributed by atoms with Crippen molar-refractivity contribution >= 4 is 28.8 Å². The summed E-state index contributed by atoms with van der Waals surface area (Å²) in [6.07, 6.45) is 0. The molecule has 2 heterocycles. The Kier molecular flexibility index (Phi) is 4.46. The molecule has 0 bridgehead atoms. The van der Waals surface area contributed by atoms with Crippen molar-refractivity contribution in [3.8, 4) is 28.5 Å². The molecule has 0 aliphatic rings. The number of fused-ring (bicyclic) bond motifs is 1. The molecule has 1 N–H and O–H groups in total. The number of nitriles is 1. The van der Waals surface area contributed by atoms with E-state index in [-0.39, 0.29) is 5.56 Å². The van der Waals surface area contributed by atoms with Crippen LogP contribution in [0.1, 0.15) is 16.8 Å². The number of aromatic amines is 1. The van der Waals surface area contributed by atoms with Crippen molar-refractivity contribution in [1.29, 1.82) is 5.26 Å². The second-order valence-electron chi connectivity index (χ2n) is 6.46. The van der Waals surface area contributed by atoms with E-state index in [0.29, 0.717) is 38.2 Å². The van der Waals surface area contributed by atoms with Gasteiger partial charge < -0.3 is 4.98 Å². The summed E-state index contributed by atoms with van der Waals surface area (Å²) in [6, 6.07) is 14.4. The van der Waals surface area contributed by atoms with E-state index in [0.717, 1.165) is 16.7 Å². The van der Waals surface area contributed by atoms with E-state index < -0.39 is 0 Å². The first-order chi connectivity index (χ1) is 13.4. The van der Waals surface area contributed by atoms with Crippen LogP contribution < -0.4 is 5.56 Å². The first kappa shape index (κ1) is 18.3.